The molecular weight excluding hydrogens is 268 g/mol. The van der Waals surface area contributed by atoms with Crippen LogP contribution in [0.25, 0.3) is 0 Å². The first kappa shape index (κ1) is 15.9. The summed E-state index contributed by atoms with van der Waals surface area (Å²) in [5, 5.41) is 9.90. The highest BCUT2D eigenvalue weighted by Crippen LogP contribution is 2.37. The Morgan fingerprint density at radius 3 is 2.25 bits per heavy atom. The van der Waals surface area contributed by atoms with Gasteiger partial charge in [-0.05, 0) is 23.5 Å². The van der Waals surface area contributed by atoms with Crippen molar-refractivity contribution in [2.24, 2.45) is 5.41 Å². The number of aliphatic hydroxyl groups is 1. The summed E-state index contributed by atoms with van der Waals surface area (Å²) >= 11 is 1.91. The molecule has 0 aromatic heterocycles. The van der Waals surface area contributed by atoms with Crippen molar-refractivity contribution in [3.05, 3.63) is 35.4 Å². The van der Waals surface area contributed by atoms with Gasteiger partial charge >= 0.3 is 0 Å². The van der Waals surface area contributed by atoms with Crippen molar-refractivity contribution >= 4 is 11.8 Å². The van der Waals surface area contributed by atoms with Crippen LogP contribution >= 0.6 is 11.8 Å². The summed E-state index contributed by atoms with van der Waals surface area (Å²) in [4.78, 5) is 0. The molecule has 0 radical (unpaired) electrons. The molecule has 1 aromatic rings. The van der Waals surface area contributed by atoms with Crippen LogP contribution in [0.3, 0.4) is 0 Å². The van der Waals surface area contributed by atoms with Gasteiger partial charge in [-0.3, -0.25) is 0 Å². The number of benzene rings is 1. The summed E-state index contributed by atoms with van der Waals surface area (Å²) in [6.07, 6.45) is 0. The van der Waals surface area contributed by atoms with Gasteiger partial charge in [-0.1, -0.05) is 45.0 Å². The summed E-state index contributed by atoms with van der Waals surface area (Å²) in [7, 11) is 0. The Morgan fingerprint density at radius 1 is 1.25 bits per heavy atom. The summed E-state index contributed by atoms with van der Waals surface area (Å²) in [6.45, 7) is 10.6. The zero-order chi connectivity index (χ0) is 14.8. The van der Waals surface area contributed by atoms with Gasteiger partial charge in [0.05, 0.1) is 19.8 Å². The third kappa shape index (κ3) is 3.57. The van der Waals surface area contributed by atoms with Gasteiger partial charge in [0.1, 0.15) is 0 Å². The van der Waals surface area contributed by atoms with Gasteiger partial charge in [0.25, 0.3) is 0 Å². The summed E-state index contributed by atoms with van der Waals surface area (Å²) < 4.78 is 5.25. The van der Waals surface area contributed by atoms with Crippen molar-refractivity contribution in [2.45, 2.75) is 38.4 Å². The molecule has 1 unspecified atom stereocenters. The molecule has 1 aromatic carbocycles. The average molecular weight is 294 g/mol. The lowest BCUT2D eigenvalue weighted by molar-refractivity contribution is -0.121. The second-order valence-corrected chi connectivity index (χ2v) is 8.31. The van der Waals surface area contributed by atoms with Crippen LogP contribution in [-0.2, 0) is 10.2 Å². The fraction of sp³-hybridized carbons (Fsp3) is 0.647. The third-order valence-electron chi connectivity index (χ3n) is 4.04. The minimum atomic E-state index is 0.00424. The maximum absolute atomic E-state index is 9.45. The molecule has 0 spiro atoms. The van der Waals surface area contributed by atoms with E-state index in [2.05, 4.69) is 52.0 Å². The van der Waals surface area contributed by atoms with E-state index in [1.165, 1.54) is 11.1 Å². The van der Waals surface area contributed by atoms with Crippen molar-refractivity contribution in [1.82, 2.24) is 0 Å². The molecule has 0 saturated carbocycles. The normalized spacial score (nSPS) is 19.4. The van der Waals surface area contributed by atoms with E-state index in [9.17, 15) is 5.11 Å². The van der Waals surface area contributed by atoms with Gasteiger partial charge in [-0.15, -0.1) is 0 Å². The van der Waals surface area contributed by atoms with Crippen molar-refractivity contribution in [3.63, 3.8) is 0 Å². The lowest BCUT2D eigenvalue weighted by Crippen LogP contribution is -2.47. The topological polar surface area (TPSA) is 29.5 Å². The lowest BCUT2D eigenvalue weighted by Gasteiger charge is -2.40. The van der Waals surface area contributed by atoms with Crippen molar-refractivity contribution in [2.75, 3.05) is 25.6 Å². The van der Waals surface area contributed by atoms with Crippen molar-refractivity contribution in [1.29, 1.82) is 0 Å². The second kappa shape index (κ2) is 6.08. The fourth-order valence-electron chi connectivity index (χ4n) is 2.26. The van der Waals surface area contributed by atoms with E-state index < -0.39 is 0 Å². The largest absolute Gasteiger partial charge is 0.396 e. The average Bonchev–Trinajstić information content (AvgIpc) is 2.37. The molecule has 0 bridgehead atoms. The number of ether oxygens (including phenoxy) is 1. The predicted octanol–water partition coefficient (Wildman–Crippen LogP) is 3.79. The van der Waals surface area contributed by atoms with E-state index in [1.54, 1.807) is 0 Å². The van der Waals surface area contributed by atoms with Crippen LogP contribution in [0, 0.1) is 5.41 Å². The Labute approximate surface area is 126 Å². The van der Waals surface area contributed by atoms with Crippen LogP contribution < -0.4 is 0 Å². The first-order chi connectivity index (χ1) is 9.36. The Kier molecular flexibility index (Phi) is 4.83. The molecule has 1 saturated heterocycles. The van der Waals surface area contributed by atoms with Crippen LogP contribution in [0.2, 0.25) is 0 Å². The smallest absolute Gasteiger partial charge is 0.0575 e. The van der Waals surface area contributed by atoms with Gasteiger partial charge in [0.2, 0.25) is 0 Å². The molecule has 1 fully saturated rings. The number of rotatable bonds is 5. The van der Waals surface area contributed by atoms with Crippen molar-refractivity contribution in [3.8, 4) is 0 Å². The maximum atomic E-state index is 9.45. The SMILES string of the molecule is CC(SCC1(CO)COC1)c1ccc(C(C)(C)C)cc1. The molecule has 0 amide bonds. The minimum Gasteiger partial charge on any atom is -0.396 e. The molecule has 1 heterocycles. The van der Waals surface area contributed by atoms with E-state index in [4.69, 9.17) is 4.74 Å². The predicted molar refractivity (Wildman–Crippen MR) is 86.4 cm³/mol. The van der Waals surface area contributed by atoms with Gasteiger partial charge in [-0.25, -0.2) is 0 Å². The molecule has 20 heavy (non-hydrogen) atoms. The molecular formula is C17H26O2S. The summed E-state index contributed by atoms with van der Waals surface area (Å²) in [6, 6.07) is 8.95. The minimum absolute atomic E-state index is 0.00424. The molecule has 0 aliphatic carbocycles. The monoisotopic (exact) mass is 294 g/mol. The van der Waals surface area contributed by atoms with Crippen LogP contribution in [0.15, 0.2) is 24.3 Å². The number of aliphatic hydroxyl groups excluding tert-OH is 1. The van der Waals surface area contributed by atoms with E-state index in [1.807, 2.05) is 11.8 Å². The number of hydrogen-bond donors (Lipinski definition) is 1. The van der Waals surface area contributed by atoms with Crippen LogP contribution in [-0.4, -0.2) is 30.7 Å². The van der Waals surface area contributed by atoms with E-state index in [0.717, 1.165) is 5.75 Å². The van der Waals surface area contributed by atoms with Gasteiger partial charge < -0.3 is 9.84 Å². The maximum Gasteiger partial charge on any atom is 0.0575 e. The zero-order valence-corrected chi connectivity index (χ0v) is 13.8. The molecule has 2 rings (SSSR count). The number of thioether (sulfide) groups is 1. The highest BCUT2D eigenvalue weighted by atomic mass is 32.2. The number of hydrogen-bond acceptors (Lipinski definition) is 3. The Balaban J connectivity index is 1.94. The second-order valence-electron chi connectivity index (χ2n) is 6.98. The zero-order valence-electron chi connectivity index (χ0n) is 13.0. The van der Waals surface area contributed by atoms with Gasteiger partial charge in [0.15, 0.2) is 0 Å². The van der Waals surface area contributed by atoms with E-state index >= 15 is 0 Å². The van der Waals surface area contributed by atoms with Crippen LogP contribution in [0.4, 0.5) is 0 Å². The summed E-state index contributed by atoms with van der Waals surface area (Å²) in [5.74, 6) is 0.964. The molecule has 1 aliphatic heterocycles. The van der Waals surface area contributed by atoms with Gasteiger partial charge in [-0.2, -0.15) is 11.8 Å². The Morgan fingerprint density at radius 2 is 1.85 bits per heavy atom. The van der Waals surface area contributed by atoms with E-state index in [-0.39, 0.29) is 17.4 Å². The summed E-state index contributed by atoms with van der Waals surface area (Å²) in [5.41, 5.74) is 2.94. The Bertz CT molecular complexity index is 424. The molecule has 1 N–H and O–H groups in total. The van der Waals surface area contributed by atoms with E-state index in [0.29, 0.717) is 18.5 Å². The lowest BCUT2D eigenvalue weighted by atomic mass is 9.86. The first-order valence-electron chi connectivity index (χ1n) is 7.27. The standard InChI is InChI=1S/C17H26O2S/c1-13(20-12-17(9-18)10-19-11-17)14-5-7-15(8-6-14)16(2,3)4/h5-8,13,18H,9-12H2,1-4H3. The third-order valence-corrected chi connectivity index (χ3v) is 5.59. The van der Waals surface area contributed by atoms with Crippen LogP contribution in [0.1, 0.15) is 44.1 Å². The molecule has 1 aliphatic rings. The van der Waals surface area contributed by atoms with Crippen molar-refractivity contribution < 1.29 is 9.84 Å². The molecule has 2 nitrogen and oxygen atoms in total. The van der Waals surface area contributed by atoms with Crippen LogP contribution in [0.5, 0.6) is 0 Å². The molecule has 112 valence electrons. The quantitative estimate of drug-likeness (QED) is 0.896. The molecule has 1 atom stereocenters. The Hall–Kier alpha value is -0.510. The van der Waals surface area contributed by atoms with Gasteiger partial charge in [0, 0.05) is 16.4 Å². The highest BCUT2D eigenvalue weighted by molar-refractivity contribution is 7.99. The molecule has 3 heteroatoms. The fourth-order valence-corrected chi connectivity index (χ4v) is 3.47. The highest BCUT2D eigenvalue weighted by Gasteiger charge is 2.38. The first-order valence-corrected chi connectivity index (χ1v) is 8.32.